The topological polar surface area (TPSA) is 30.7 Å². The fraction of sp³-hybridized carbons (Fsp3) is 0.538. The molecule has 0 saturated heterocycles. The van der Waals surface area contributed by atoms with E-state index < -0.39 is 0 Å². The molecule has 3 rings (SSSR count). The molecule has 0 bridgehead atoms. The highest BCUT2D eigenvalue weighted by molar-refractivity contribution is 9.10. The Bertz CT molecular complexity index is 587. The van der Waals surface area contributed by atoms with Crippen molar-refractivity contribution >= 4 is 38.6 Å². The van der Waals surface area contributed by atoms with Gasteiger partial charge < -0.3 is 4.57 Å². The van der Waals surface area contributed by atoms with Crippen molar-refractivity contribution in [2.24, 2.45) is 0 Å². The third-order valence-corrected chi connectivity index (χ3v) is 5.01. The Balaban J connectivity index is 2.20. The quantitative estimate of drug-likeness (QED) is 0.713. The molecular formula is C13H15BrClN3. The molecular weight excluding hydrogens is 314 g/mol. The van der Waals surface area contributed by atoms with E-state index >= 15 is 0 Å². The predicted molar refractivity (Wildman–Crippen MR) is 77.1 cm³/mol. The second kappa shape index (κ2) is 4.82. The summed E-state index contributed by atoms with van der Waals surface area (Å²) in [6.07, 6.45) is 8.19. The first-order valence-corrected chi connectivity index (χ1v) is 7.54. The predicted octanol–water partition coefficient (Wildman–Crippen LogP) is 4.66. The van der Waals surface area contributed by atoms with Crippen molar-refractivity contribution in [3.63, 3.8) is 0 Å². The molecule has 0 amide bonds. The first kappa shape index (κ1) is 12.4. The summed E-state index contributed by atoms with van der Waals surface area (Å²) in [4.78, 5) is 8.75. The van der Waals surface area contributed by atoms with Gasteiger partial charge in [0.25, 0.3) is 0 Å². The van der Waals surface area contributed by atoms with Gasteiger partial charge in [-0.05, 0) is 35.7 Å². The number of aromatic nitrogens is 3. The molecule has 0 aliphatic heterocycles. The number of rotatable bonds is 1. The monoisotopic (exact) mass is 327 g/mol. The van der Waals surface area contributed by atoms with Gasteiger partial charge in [0.1, 0.15) is 16.5 Å². The lowest BCUT2D eigenvalue weighted by Crippen LogP contribution is -2.14. The van der Waals surface area contributed by atoms with Gasteiger partial charge >= 0.3 is 0 Å². The van der Waals surface area contributed by atoms with Crippen molar-refractivity contribution in [1.82, 2.24) is 14.5 Å². The zero-order chi connectivity index (χ0) is 12.7. The van der Waals surface area contributed by atoms with Crippen molar-refractivity contribution < 1.29 is 0 Å². The SMILES string of the molecule is Cc1nc2cnc(Cl)c(Br)c2n1C1CCCCC1. The Hall–Kier alpha value is -0.610. The van der Waals surface area contributed by atoms with Gasteiger partial charge in [0, 0.05) is 6.04 Å². The van der Waals surface area contributed by atoms with Crippen molar-refractivity contribution in [2.75, 3.05) is 0 Å². The minimum Gasteiger partial charge on any atom is -0.324 e. The van der Waals surface area contributed by atoms with Gasteiger partial charge in [-0.25, -0.2) is 9.97 Å². The van der Waals surface area contributed by atoms with Crippen LogP contribution in [0.2, 0.25) is 5.15 Å². The number of nitrogens with zero attached hydrogens (tertiary/aromatic N) is 3. The average Bonchev–Trinajstić information content (AvgIpc) is 2.72. The minimum atomic E-state index is 0.513. The number of hydrogen-bond donors (Lipinski definition) is 0. The summed E-state index contributed by atoms with van der Waals surface area (Å²) < 4.78 is 3.21. The lowest BCUT2D eigenvalue weighted by Gasteiger charge is -2.25. The van der Waals surface area contributed by atoms with Crippen LogP contribution in [-0.2, 0) is 0 Å². The van der Waals surface area contributed by atoms with Gasteiger partial charge in [0.2, 0.25) is 0 Å². The van der Waals surface area contributed by atoms with E-state index in [2.05, 4.69) is 37.4 Å². The maximum atomic E-state index is 6.11. The lowest BCUT2D eigenvalue weighted by atomic mass is 9.95. The standard InChI is InChI=1S/C13H15BrClN3/c1-8-17-10-7-16-13(15)11(14)12(10)18(8)9-5-3-2-4-6-9/h7,9H,2-6H2,1H3. The summed E-state index contributed by atoms with van der Waals surface area (Å²) in [5.74, 6) is 1.06. The molecule has 0 N–H and O–H groups in total. The van der Waals surface area contributed by atoms with Crippen LogP contribution in [0.5, 0.6) is 0 Å². The number of hydrogen-bond acceptors (Lipinski definition) is 2. The second-order valence-electron chi connectivity index (χ2n) is 4.92. The molecule has 18 heavy (non-hydrogen) atoms. The summed E-state index contributed by atoms with van der Waals surface area (Å²) in [5.41, 5.74) is 2.02. The van der Waals surface area contributed by atoms with Gasteiger partial charge in [-0.2, -0.15) is 0 Å². The number of fused-ring (bicyclic) bond motifs is 1. The molecule has 5 heteroatoms. The second-order valence-corrected chi connectivity index (χ2v) is 6.07. The van der Waals surface area contributed by atoms with Crippen molar-refractivity contribution in [3.05, 3.63) is 21.6 Å². The molecule has 1 saturated carbocycles. The number of aryl methyl sites for hydroxylation is 1. The Labute approximate surface area is 120 Å². The molecule has 2 heterocycles. The van der Waals surface area contributed by atoms with E-state index in [1.165, 1.54) is 32.1 Å². The van der Waals surface area contributed by atoms with E-state index in [0.717, 1.165) is 21.3 Å². The maximum Gasteiger partial charge on any atom is 0.145 e. The van der Waals surface area contributed by atoms with E-state index in [-0.39, 0.29) is 0 Å². The van der Waals surface area contributed by atoms with Crippen LogP contribution in [0, 0.1) is 6.92 Å². The van der Waals surface area contributed by atoms with Gasteiger partial charge in [-0.15, -0.1) is 0 Å². The van der Waals surface area contributed by atoms with Crippen LogP contribution in [0.1, 0.15) is 44.0 Å². The highest BCUT2D eigenvalue weighted by Crippen LogP contribution is 2.36. The van der Waals surface area contributed by atoms with Crippen LogP contribution >= 0.6 is 27.5 Å². The zero-order valence-electron chi connectivity index (χ0n) is 10.3. The number of pyridine rings is 1. The average molecular weight is 329 g/mol. The molecule has 0 radical (unpaired) electrons. The summed E-state index contributed by atoms with van der Waals surface area (Å²) >= 11 is 9.67. The maximum absolute atomic E-state index is 6.11. The van der Waals surface area contributed by atoms with Crippen molar-refractivity contribution in [3.8, 4) is 0 Å². The molecule has 2 aromatic heterocycles. The molecule has 1 aliphatic carbocycles. The fourth-order valence-corrected chi connectivity index (χ4v) is 3.57. The highest BCUT2D eigenvalue weighted by atomic mass is 79.9. The van der Waals surface area contributed by atoms with Crippen LogP contribution in [0.4, 0.5) is 0 Å². The number of imidazole rings is 1. The van der Waals surface area contributed by atoms with Gasteiger partial charge in [0.15, 0.2) is 0 Å². The van der Waals surface area contributed by atoms with E-state index in [9.17, 15) is 0 Å². The van der Waals surface area contributed by atoms with Crippen molar-refractivity contribution in [2.45, 2.75) is 45.1 Å². The fourth-order valence-electron chi connectivity index (χ4n) is 2.93. The third-order valence-electron chi connectivity index (χ3n) is 3.74. The molecule has 3 nitrogen and oxygen atoms in total. The van der Waals surface area contributed by atoms with E-state index in [4.69, 9.17) is 11.6 Å². The van der Waals surface area contributed by atoms with Crippen LogP contribution in [-0.4, -0.2) is 14.5 Å². The molecule has 0 unspecified atom stereocenters. The first-order chi connectivity index (χ1) is 8.68. The molecule has 96 valence electrons. The first-order valence-electron chi connectivity index (χ1n) is 6.37. The normalized spacial score (nSPS) is 17.5. The Morgan fingerprint density at radius 2 is 2.06 bits per heavy atom. The van der Waals surface area contributed by atoms with Gasteiger partial charge in [-0.3, -0.25) is 0 Å². The highest BCUT2D eigenvalue weighted by Gasteiger charge is 2.22. The van der Waals surface area contributed by atoms with Gasteiger partial charge in [-0.1, -0.05) is 30.9 Å². The Morgan fingerprint density at radius 1 is 1.33 bits per heavy atom. The van der Waals surface area contributed by atoms with Crippen LogP contribution < -0.4 is 0 Å². The van der Waals surface area contributed by atoms with Crippen molar-refractivity contribution in [1.29, 1.82) is 0 Å². The largest absolute Gasteiger partial charge is 0.324 e. The zero-order valence-corrected chi connectivity index (χ0v) is 12.6. The smallest absolute Gasteiger partial charge is 0.145 e. The van der Waals surface area contributed by atoms with Crippen LogP contribution in [0.25, 0.3) is 11.0 Å². The lowest BCUT2D eigenvalue weighted by molar-refractivity contribution is 0.355. The van der Waals surface area contributed by atoms with Gasteiger partial charge in [0.05, 0.1) is 16.2 Å². The molecule has 1 aliphatic rings. The molecule has 1 fully saturated rings. The number of halogens is 2. The summed E-state index contributed by atoms with van der Waals surface area (Å²) in [6.45, 7) is 2.06. The Kier molecular flexibility index (Phi) is 3.32. The van der Waals surface area contributed by atoms with E-state index in [1.807, 2.05) is 0 Å². The van der Waals surface area contributed by atoms with Crippen LogP contribution in [0.3, 0.4) is 0 Å². The van der Waals surface area contributed by atoms with E-state index in [1.54, 1.807) is 6.20 Å². The summed E-state index contributed by atoms with van der Waals surface area (Å²) in [5, 5.41) is 0.513. The molecule has 0 spiro atoms. The van der Waals surface area contributed by atoms with Crippen LogP contribution in [0.15, 0.2) is 10.7 Å². The Morgan fingerprint density at radius 3 is 2.78 bits per heavy atom. The summed E-state index contributed by atoms with van der Waals surface area (Å²) in [6, 6.07) is 0.554. The molecule has 0 atom stereocenters. The summed E-state index contributed by atoms with van der Waals surface area (Å²) in [7, 11) is 0. The van der Waals surface area contributed by atoms with E-state index in [0.29, 0.717) is 11.2 Å². The molecule has 2 aromatic rings. The molecule has 0 aromatic carbocycles. The third kappa shape index (κ3) is 1.95. The minimum absolute atomic E-state index is 0.513.